The predicted octanol–water partition coefficient (Wildman–Crippen LogP) is 2.84. The van der Waals surface area contributed by atoms with Crippen molar-refractivity contribution in [2.75, 3.05) is 10.6 Å². The Hall–Kier alpha value is -1.51. The SMILES string of the molecule is CC1Cc2cc(N)ccc2N1C(=O)C1C2C3CCC(C3)C12. The first kappa shape index (κ1) is 12.1. The molecule has 2 N–H and O–H groups in total. The second kappa shape index (κ2) is 3.82. The third-order valence-corrected chi connectivity index (χ3v) is 6.58. The van der Waals surface area contributed by atoms with E-state index in [-0.39, 0.29) is 6.04 Å². The Morgan fingerprint density at radius 1 is 1.24 bits per heavy atom. The van der Waals surface area contributed by atoms with Crippen LogP contribution in [0, 0.1) is 29.6 Å². The van der Waals surface area contributed by atoms with Crippen molar-refractivity contribution in [1.29, 1.82) is 0 Å². The number of fused-ring (bicyclic) bond motifs is 6. The second-order valence-electron chi connectivity index (χ2n) is 7.66. The maximum Gasteiger partial charge on any atom is 0.230 e. The molecule has 3 heteroatoms. The molecule has 0 spiro atoms. The molecule has 3 nitrogen and oxygen atoms in total. The van der Waals surface area contributed by atoms with Gasteiger partial charge in [-0.2, -0.15) is 0 Å². The fourth-order valence-corrected chi connectivity index (χ4v) is 5.80. The van der Waals surface area contributed by atoms with Crippen LogP contribution in [0.5, 0.6) is 0 Å². The lowest BCUT2D eigenvalue weighted by molar-refractivity contribution is -0.121. The van der Waals surface area contributed by atoms with Gasteiger partial charge in [0.2, 0.25) is 5.91 Å². The molecule has 3 fully saturated rings. The van der Waals surface area contributed by atoms with E-state index in [1.54, 1.807) is 0 Å². The quantitative estimate of drug-likeness (QED) is 0.805. The zero-order valence-electron chi connectivity index (χ0n) is 12.5. The molecule has 1 heterocycles. The van der Waals surface area contributed by atoms with Gasteiger partial charge in [0.05, 0.1) is 0 Å². The number of nitrogens with two attached hydrogens (primary N) is 1. The number of anilines is 2. The van der Waals surface area contributed by atoms with Gasteiger partial charge in [-0.25, -0.2) is 0 Å². The maximum absolute atomic E-state index is 13.1. The molecule has 1 aromatic carbocycles. The van der Waals surface area contributed by atoms with Gasteiger partial charge in [0, 0.05) is 23.3 Å². The third-order valence-electron chi connectivity index (χ3n) is 6.58. The minimum absolute atomic E-state index is 0.285. The van der Waals surface area contributed by atoms with Crippen molar-refractivity contribution in [3.63, 3.8) is 0 Å². The number of carbonyl (C=O) groups excluding carboxylic acids is 1. The molecule has 1 aliphatic heterocycles. The largest absolute Gasteiger partial charge is 0.399 e. The Labute approximate surface area is 125 Å². The molecule has 4 aliphatic rings. The summed E-state index contributed by atoms with van der Waals surface area (Å²) in [6.45, 7) is 2.17. The minimum Gasteiger partial charge on any atom is -0.399 e. The first-order valence-corrected chi connectivity index (χ1v) is 8.36. The van der Waals surface area contributed by atoms with E-state index in [4.69, 9.17) is 5.73 Å². The molecule has 0 saturated heterocycles. The van der Waals surface area contributed by atoms with E-state index in [1.807, 2.05) is 18.2 Å². The van der Waals surface area contributed by atoms with E-state index in [0.717, 1.165) is 41.5 Å². The van der Waals surface area contributed by atoms with Crippen LogP contribution in [0.4, 0.5) is 11.4 Å². The molecule has 0 aromatic heterocycles. The zero-order valence-corrected chi connectivity index (χ0v) is 12.5. The van der Waals surface area contributed by atoms with E-state index in [2.05, 4.69) is 11.8 Å². The van der Waals surface area contributed by atoms with Crippen molar-refractivity contribution in [3.05, 3.63) is 23.8 Å². The maximum atomic E-state index is 13.1. The van der Waals surface area contributed by atoms with Gasteiger partial charge >= 0.3 is 0 Å². The Balaban J connectivity index is 1.45. The average Bonchev–Trinajstić information content (AvgIpc) is 2.76. The Bertz CT molecular complexity index is 624. The van der Waals surface area contributed by atoms with Crippen LogP contribution in [0.25, 0.3) is 0 Å². The molecule has 21 heavy (non-hydrogen) atoms. The van der Waals surface area contributed by atoms with Crippen LogP contribution in [0.1, 0.15) is 31.7 Å². The molecule has 2 bridgehead atoms. The summed E-state index contributed by atoms with van der Waals surface area (Å²) in [7, 11) is 0. The fraction of sp³-hybridized carbons (Fsp3) is 0.611. The highest BCUT2D eigenvalue weighted by molar-refractivity contribution is 6.00. The predicted molar refractivity (Wildman–Crippen MR) is 82.8 cm³/mol. The normalized spacial score (nSPS) is 42.0. The molecule has 5 rings (SSSR count). The van der Waals surface area contributed by atoms with Crippen molar-refractivity contribution in [2.45, 2.75) is 38.6 Å². The fourth-order valence-electron chi connectivity index (χ4n) is 5.80. The van der Waals surface area contributed by atoms with Crippen molar-refractivity contribution >= 4 is 17.3 Å². The second-order valence-corrected chi connectivity index (χ2v) is 7.66. The van der Waals surface area contributed by atoms with Gasteiger partial charge in [0.25, 0.3) is 0 Å². The Morgan fingerprint density at radius 2 is 1.95 bits per heavy atom. The van der Waals surface area contributed by atoms with Crippen LogP contribution in [0.3, 0.4) is 0 Å². The van der Waals surface area contributed by atoms with E-state index < -0.39 is 0 Å². The molecule has 1 aromatic rings. The Morgan fingerprint density at radius 3 is 2.67 bits per heavy atom. The highest BCUT2D eigenvalue weighted by Gasteiger charge is 2.68. The summed E-state index contributed by atoms with van der Waals surface area (Å²) in [4.78, 5) is 15.2. The van der Waals surface area contributed by atoms with Gasteiger partial charge in [0.1, 0.15) is 0 Å². The van der Waals surface area contributed by atoms with Gasteiger partial charge in [0.15, 0.2) is 0 Å². The topological polar surface area (TPSA) is 46.3 Å². The Kier molecular flexibility index (Phi) is 2.20. The van der Waals surface area contributed by atoms with Crippen molar-refractivity contribution in [1.82, 2.24) is 0 Å². The molecule has 110 valence electrons. The molecular weight excluding hydrogens is 260 g/mol. The van der Waals surface area contributed by atoms with Crippen molar-refractivity contribution in [2.24, 2.45) is 29.6 Å². The first-order chi connectivity index (χ1) is 10.1. The lowest BCUT2D eigenvalue weighted by Crippen LogP contribution is -2.38. The minimum atomic E-state index is 0.285. The summed E-state index contributed by atoms with van der Waals surface area (Å²) in [6.07, 6.45) is 5.10. The smallest absolute Gasteiger partial charge is 0.230 e. The van der Waals surface area contributed by atoms with Crippen LogP contribution in [0.2, 0.25) is 0 Å². The van der Waals surface area contributed by atoms with Crippen LogP contribution in [0.15, 0.2) is 18.2 Å². The van der Waals surface area contributed by atoms with E-state index >= 15 is 0 Å². The number of benzene rings is 1. The highest BCUT2D eigenvalue weighted by Crippen LogP contribution is 2.70. The molecule has 5 unspecified atom stereocenters. The lowest BCUT2D eigenvalue weighted by Gasteiger charge is -2.24. The van der Waals surface area contributed by atoms with Gasteiger partial charge in [-0.3, -0.25) is 4.79 Å². The number of rotatable bonds is 1. The number of hydrogen-bond donors (Lipinski definition) is 1. The number of amides is 1. The van der Waals surface area contributed by atoms with Gasteiger partial charge < -0.3 is 10.6 Å². The van der Waals surface area contributed by atoms with Gasteiger partial charge in [-0.1, -0.05) is 0 Å². The van der Waals surface area contributed by atoms with Crippen molar-refractivity contribution < 1.29 is 4.79 Å². The van der Waals surface area contributed by atoms with Crippen molar-refractivity contribution in [3.8, 4) is 0 Å². The molecular formula is C18H22N2O. The number of nitrogen functional groups attached to an aromatic ring is 1. The molecule has 0 radical (unpaired) electrons. The first-order valence-electron chi connectivity index (χ1n) is 8.36. The average molecular weight is 282 g/mol. The number of carbonyl (C=O) groups is 1. The van der Waals surface area contributed by atoms with Crippen LogP contribution >= 0.6 is 0 Å². The summed E-state index contributed by atoms with van der Waals surface area (Å²) in [6, 6.07) is 6.29. The zero-order chi connectivity index (χ0) is 14.3. The number of hydrogen-bond acceptors (Lipinski definition) is 2. The molecule has 3 aliphatic carbocycles. The van der Waals surface area contributed by atoms with Crippen LogP contribution in [-0.4, -0.2) is 11.9 Å². The van der Waals surface area contributed by atoms with Gasteiger partial charge in [-0.05, 0) is 80.0 Å². The summed E-state index contributed by atoms with van der Waals surface area (Å²) in [5, 5.41) is 0. The summed E-state index contributed by atoms with van der Waals surface area (Å²) in [5.74, 6) is 3.90. The summed E-state index contributed by atoms with van der Waals surface area (Å²) < 4.78 is 0. The van der Waals surface area contributed by atoms with Crippen LogP contribution in [-0.2, 0) is 11.2 Å². The number of nitrogens with zero attached hydrogens (tertiary/aromatic N) is 1. The molecule has 5 atom stereocenters. The van der Waals surface area contributed by atoms with Gasteiger partial charge in [-0.15, -0.1) is 0 Å². The lowest BCUT2D eigenvalue weighted by atomic mass is 10.0. The summed E-state index contributed by atoms with van der Waals surface area (Å²) in [5.41, 5.74) is 9.04. The van der Waals surface area contributed by atoms with E-state index in [1.165, 1.54) is 24.8 Å². The van der Waals surface area contributed by atoms with Crippen LogP contribution < -0.4 is 10.6 Å². The van der Waals surface area contributed by atoms with E-state index in [9.17, 15) is 4.79 Å². The summed E-state index contributed by atoms with van der Waals surface area (Å²) >= 11 is 0. The highest BCUT2D eigenvalue weighted by atomic mass is 16.2. The monoisotopic (exact) mass is 282 g/mol. The molecule has 3 saturated carbocycles. The van der Waals surface area contributed by atoms with E-state index in [0.29, 0.717) is 11.8 Å². The third kappa shape index (κ3) is 1.47. The standard InChI is InChI=1S/C18H22N2O/c1-9-6-12-8-13(19)4-5-14(12)20(9)18(21)17-15-10-2-3-11(7-10)16(15)17/h4-5,8-11,15-17H,2-3,6-7,19H2,1H3. The molecule has 1 amide bonds.